The summed E-state index contributed by atoms with van der Waals surface area (Å²) in [5, 5.41) is 0. The molecule has 4 heteroatoms. The van der Waals surface area contributed by atoms with Crippen LogP contribution in [0.25, 0.3) is 0 Å². The highest BCUT2D eigenvalue weighted by atomic mass is 16.7. The lowest BCUT2D eigenvalue weighted by atomic mass is 10.2. The second-order valence-electron chi connectivity index (χ2n) is 4.13. The van der Waals surface area contributed by atoms with Gasteiger partial charge in [0.15, 0.2) is 0 Å². The van der Waals surface area contributed by atoms with Crippen LogP contribution in [0.4, 0.5) is 0 Å². The SMILES string of the molecule is C1COC(COCOCC2CCCO2)C1. The van der Waals surface area contributed by atoms with Crippen molar-refractivity contribution < 1.29 is 18.9 Å². The first-order valence-corrected chi connectivity index (χ1v) is 5.84. The van der Waals surface area contributed by atoms with Gasteiger partial charge in [0.25, 0.3) is 0 Å². The number of hydrogen-bond acceptors (Lipinski definition) is 4. The van der Waals surface area contributed by atoms with E-state index in [2.05, 4.69) is 0 Å². The van der Waals surface area contributed by atoms with E-state index in [0.29, 0.717) is 20.0 Å². The van der Waals surface area contributed by atoms with Gasteiger partial charge in [-0.2, -0.15) is 0 Å². The Morgan fingerprint density at radius 3 is 1.80 bits per heavy atom. The molecule has 0 aromatic rings. The fraction of sp³-hybridized carbons (Fsp3) is 1.00. The first-order chi connectivity index (χ1) is 7.45. The zero-order valence-electron chi connectivity index (χ0n) is 9.15. The van der Waals surface area contributed by atoms with Gasteiger partial charge in [-0.15, -0.1) is 0 Å². The van der Waals surface area contributed by atoms with Gasteiger partial charge in [0, 0.05) is 13.2 Å². The molecule has 0 spiro atoms. The molecule has 2 aliphatic rings. The summed E-state index contributed by atoms with van der Waals surface area (Å²) in [7, 11) is 0. The summed E-state index contributed by atoms with van der Waals surface area (Å²) in [6.45, 7) is 3.44. The van der Waals surface area contributed by atoms with Crippen LogP contribution in [0, 0.1) is 0 Å². The summed E-state index contributed by atoms with van der Waals surface area (Å²) in [5.41, 5.74) is 0. The summed E-state index contributed by atoms with van der Waals surface area (Å²) in [5.74, 6) is 0. The fourth-order valence-corrected chi connectivity index (χ4v) is 1.97. The first-order valence-electron chi connectivity index (χ1n) is 5.84. The molecule has 2 unspecified atom stereocenters. The minimum atomic E-state index is 0.288. The van der Waals surface area contributed by atoms with Crippen molar-refractivity contribution in [1.82, 2.24) is 0 Å². The number of rotatable bonds is 6. The third-order valence-electron chi connectivity index (χ3n) is 2.82. The standard InChI is InChI=1S/C11H20O4/c1-3-10(14-5-1)7-12-9-13-8-11-4-2-6-15-11/h10-11H,1-9H2. The third kappa shape index (κ3) is 4.07. The smallest absolute Gasteiger partial charge is 0.146 e. The van der Waals surface area contributed by atoms with Gasteiger partial charge in [-0.25, -0.2) is 0 Å². The molecule has 2 rings (SSSR count). The highest BCUT2D eigenvalue weighted by Crippen LogP contribution is 2.13. The quantitative estimate of drug-likeness (QED) is 0.496. The maximum absolute atomic E-state index is 5.43. The van der Waals surface area contributed by atoms with E-state index in [0.717, 1.165) is 38.9 Å². The summed E-state index contributed by atoms with van der Waals surface area (Å²) < 4.78 is 21.6. The molecule has 0 saturated carbocycles. The summed E-state index contributed by atoms with van der Waals surface area (Å²) >= 11 is 0. The van der Waals surface area contributed by atoms with E-state index in [9.17, 15) is 0 Å². The summed E-state index contributed by atoms with van der Waals surface area (Å²) in [4.78, 5) is 0. The lowest BCUT2D eigenvalue weighted by Crippen LogP contribution is -2.19. The molecule has 0 amide bonds. The lowest BCUT2D eigenvalue weighted by molar-refractivity contribution is -0.101. The molecule has 2 heterocycles. The van der Waals surface area contributed by atoms with Crippen molar-refractivity contribution in [2.75, 3.05) is 33.2 Å². The van der Waals surface area contributed by atoms with Crippen LogP contribution in [0.3, 0.4) is 0 Å². The highest BCUT2D eigenvalue weighted by Gasteiger charge is 2.16. The van der Waals surface area contributed by atoms with E-state index in [1.807, 2.05) is 0 Å². The van der Waals surface area contributed by atoms with Crippen molar-refractivity contribution in [2.45, 2.75) is 37.9 Å². The van der Waals surface area contributed by atoms with E-state index in [1.54, 1.807) is 0 Å². The molecule has 2 saturated heterocycles. The molecule has 0 bridgehead atoms. The molecule has 88 valence electrons. The van der Waals surface area contributed by atoms with Crippen molar-refractivity contribution >= 4 is 0 Å². The summed E-state index contributed by atoms with van der Waals surface area (Å²) in [6, 6.07) is 0. The van der Waals surface area contributed by atoms with Crippen LogP contribution in [0.15, 0.2) is 0 Å². The van der Waals surface area contributed by atoms with E-state index in [-0.39, 0.29) is 12.2 Å². The van der Waals surface area contributed by atoms with Crippen LogP contribution in [-0.4, -0.2) is 45.4 Å². The van der Waals surface area contributed by atoms with E-state index in [1.165, 1.54) is 0 Å². The molecule has 2 atom stereocenters. The topological polar surface area (TPSA) is 36.9 Å². The Labute approximate surface area is 90.8 Å². The maximum Gasteiger partial charge on any atom is 0.146 e. The lowest BCUT2D eigenvalue weighted by Gasteiger charge is -2.12. The molecule has 0 N–H and O–H groups in total. The van der Waals surface area contributed by atoms with Crippen LogP contribution >= 0.6 is 0 Å². The van der Waals surface area contributed by atoms with Crippen molar-refractivity contribution in [2.24, 2.45) is 0 Å². The van der Waals surface area contributed by atoms with Crippen LogP contribution in [-0.2, 0) is 18.9 Å². The Morgan fingerprint density at radius 2 is 1.40 bits per heavy atom. The van der Waals surface area contributed by atoms with Crippen molar-refractivity contribution in [3.63, 3.8) is 0 Å². The average molecular weight is 216 g/mol. The first kappa shape index (κ1) is 11.3. The number of hydrogen-bond donors (Lipinski definition) is 0. The highest BCUT2D eigenvalue weighted by molar-refractivity contribution is 4.64. The van der Waals surface area contributed by atoms with Gasteiger partial charge in [0.1, 0.15) is 6.79 Å². The summed E-state index contributed by atoms with van der Waals surface area (Å²) in [6.07, 6.45) is 5.13. The van der Waals surface area contributed by atoms with Crippen LogP contribution in [0.2, 0.25) is 0 Å². The Hall–Kier alpha value is -0.160. The Morgan fingerprint density at radius 1 is 0.867 bits per heavy atom. The van der Waals surface area contributed by atoms with E-state index in [4.69, 9.17) is 18.9 Å². The fourth-order valence-electron chi connectivity index (χ4n) is 1.97. The second kappa shape index (κ2) is 6.43. The monoisotopic (exact) mass is 216 g/mol. The van der Waals surface area contributed by atoms with Crippen LogP contribution < -0.4 is 0 Å². The number of ether oxygens (including phenoxy) is 4. The van der Waals surface area contributed by atoms with Crippen molar-refractivity contribution in [1.29, 1.82) is 0 Å². The Kier molecular flexibility index (Phi) is 4.86. The van der Waals surface area contributed by atoms with Gasteiger partial charge in [0.05, 0.1) is 25.4 Å². The molecular weight excluding hydrogens is 196 g/mol. The normalized spacial score (nSPS) is 31.2. The van der Waals surface area contributed by atoms with Crippen molar-refractivity contribution in [3.8, 4) is 0 Å². The molecular formula is C11H20O4. The van der Waals surface area contributed by atoms with Gasteiger partial charge in [-0.3, -0.25) is 0 Å². The minimum absolute atomic E-state index is 0.288. The van der Waals surface area contributed by atoms with Crippen molar-refractivity contribution in [3.05, 3.63) is 0 Å². The predicted molar refractivity (Wildman–Crippen MR) is 54.7 cm³/mol. The molecule has 4 nitrogen and oxygen atoms in total. The predicted octanol–water partition coefficient (Wildman–Crippen LogP) is 1.34. The van der Waals surface area contributed by atoms with E-state index < -0.39 is 0 Å². The largest absolute Gasteiger partial charge is 0.376 e. The van der Waals surface area contributed by atoms with Crippen LogP contribution in [0.1, 0.15) is 25.7 Å². The van der Waals surface area contributed by atoms with Gasteiger partial charge in [0.2, 0.25) is 0 Å². The van der Waals surface area contributed by atoms with Gasteiger partial charge in [-0.1, -0.05) is 0 Å². The average Bonchev–Trinajstić information content (AvgIpc) is 2.88. The van der Waals surface area contributed by atoms with Gasteiger partial charge < -0.3 is 18.9 Å². The Bertz CT molecular complexity index is 144. The minimum Gasteiger partial charge on any atom is -0.376 e. The van der Waals surface area contributed by atoms with Crippen LogP contribution in [0.5, 0.6) is 0 Å². The van der Waals surface area contributed by atoms with Gasteiger partial charge in [-0.05, 0) is 25.7 Å². The zero-order valence-corrected chi connectivity index (χ0v) is 9.15. The molecule has 0 aromatic carbocycles. The molecule has 15 heavy (non-hydrogen) atoms. The molecule has 0 aliphatic carbocycles. The molecule has 0 radical (unpaired) electrons. The van der Waals surface area contributed by atoms with Gasteiger partial charge >= 0.3 is 0 Å². The second-order valence-corrected chi connectivity index (χ2v) is 4.13. The third-order valence-corrected chi connectivity index (χ3v) is 2.82. The molecule has 2 fully saturated rings. The maximum atomic E-state index is 5.43. The Balaban J connectivity index is 1.41. The van der Waals surface area contributed by atoms with E-state index >= 15 is 0 Å². The zero-order chi connectivity index (χ0) is 10.3. The molecule has 2 aliphatic heterocycles. The molecule has 0 aromatic heterocycles.